The first-order chi connectivity index (χ1) is 8.20. The summed E-state index contributed by atoms with van der Waals surface area (Å²) in [5.41, 5.74) is 0. The smallest absolute Gasteiger partial charge is 0.138 e. The molecular weight excluding hydrogens is 212 g/mol. The Morgan fingerprint density at radius 2 is 1.88 bits per heavy atom. The van der Waals surface area contributed by atoms with Gasteiger partial charge in [0.1, 0.15) is 5.78 Å². The molecule has 0 saturated heterocycles. The quantitative estimate of drug-likeness (QED) is 0.736. The van der Waals surface area contributed by atoms with Crippen molar-refractivity contribution in [2.75, 3.05) is 0 Å². The van der Waals surface area contributed by atoms with E-state index in [1.165, 1.54) is 19.3 Å². The maximum atomic E-state index is 11.9. The Hall–Kier alpha value is -0.370. The fourth-order valence-electron chi connectivity index (χ4n) is 3.01. The molecule has 1 saturated carbocycles. The molecule has 0 aromatic rings. The highest BCUT2D eigenvalue weighted by molar-refractivity contribution is 5.81. The molecule has 0 amide bonds. The van der Waals surface area contributed by atoms with Gasteiger partial charge in [-0.1, -0.05) is 46.0 Å². The molecule has 1 rings (SSSR count). The number of Topliss-reactive ketones (excluding diaryl/α,β-unsaturated/α-hetero) is 1. The first kappa shape index (κ1) is 14.7. The van der Waals surface area contributed by atoms with Gasteiger partial charge in [0.2, 0.25) is 0 Å². The van der Waals surface area contributed by atoms with Gasteiger partial charge in [-0.15, -0.1) is 0 Å². The molecule has 1 N–H and O–H groups in total. The molecule has 17 heavy (non-hydrogen) atoms. The maximum Gasteiger partial charge on any atom is 0.138 e. The third-order valence-corrected chi connectivity index (χ3v) is 4.18. The summed E-state index contributed by atoms with van der Waals surface area (Å²) in [6, 6.07) is 0. The zero-order valence-electron chi connectivity index (χ0n) is 11.5. The second kappa shape index (κ2) is 7.86. The molecular formula is C15H28O2. The SMILES string of the molecule is CCCCC(C(=O)CC)C(O)C1CCCCC1. The van der Waals surface area contributed by atoms with E-state index < -0.39 is 0 Å². The number of aliphatic hydroxyl groups is 1. The molecule has 1 aliphatic carbocycles. The van der Waals surface area contributed by atoms with Crippen LogP contribution in [-0.2, 0) is 4.79 Å². The molecule has 0 aromatic carbocycles. The average molecular weight is 240 g/mol. The summed E-state index contributed by atoms with van der Waals surface area (Å²) >= 11 is 0. The number of rotatable bonds is 7. The van der Waals surface area contributed by atoms with Crippen LogP contribution in [0.25, 0.3) is 0 Å². The molecule has 0 aromatic heterocycles. The van der Waals surface area contributed by atoms with Gasteiger partial charge in [-0.3, -0.25) is 4.79 Å². The van der Waals surface area contributed by atoms with Crippen LogP contribution in [0.1, 0.15) is 71.6 Å². The van der Waals surface area contributed by atoms with Crippen LogP contribution in [0.2, 0.25) is 0 Å². The van der Waals surface area contributed by atoms with Crippen LogP contribution in [0.15, 0.2) is 0 Å². The van der Waals surface area contributed by atoms with E-state index in [1.807, 2.05) is 6.92 Å². The maximum absolute atomic E-state index is 11.9. The van der Waals surface area contributed by atoms with E-state index in [2.05, 4.69) is 6.92 Å². The van der Waals surface area contributed by atoms with Crippen molar-refractivity contribution in [1.82, 2.24) is 0 Å². The molecule has 1 fully saturated rings. The van der Waals surface area contributed by atoms with E-state index in [9.17, 15) is 9.90 Å². The van der Waals surface area contributed by atoms with Crippen LogP contribution in [0.5, 0.6) is 0 Å². The van der Waals surface area contributed by atoms with Crippen molar-refractivity contribution in [2.45, 2.75) is 77.7 Å². The first-order valence-electron chi connectivity index (χ1n) is 7.41. The second-order valence-electron chi connectivity index (χ2n) is 5.46. The standard InChI is InChI=1S/C15H28O2/c1-3-5-11-13(14(16)4-2)15(17)12-9-7-6-8-10-12/h12-13,15,17H,3-11H2,1-2H3. The van der Waals surface area contributed by atoms with Gasteiger partial charge >= 0.3 is 0 Å². The van der Waals surface area contributed by atoms with Gasteiger partial charge < -0.3 is 5.11 Å². The molecule has 2 heteroatoms. The molecule has 100 valence electrons. The predicted molar refractivity (Wildman–Crippen MR) is 70.9 cm³/mol. The molecule has 2 nitrogen and oxygen atoms in total. The van der Waals surface area contributed by atoms with Gasteiger partial charge in [-0.05, 0) is 25.2 Å². The van der Waals surface area contributed by atoms with E-state index in [1.54, 1.807) is 0 Å². The summed E-state index contributed by atoms with van der Waals surface area (Å²) in [7, 11) is 0. The summed E-state index contributed by atoms with van der Waals surface area (Å²) in [6.07, 6.45) is 9.19. The van der Waals surface area contributed by atoms with E-state index in [0.29, 0.717) is 12.3 Å². The Kier molecular flexibility index (Phi) is 6.79. The molecule has 0 bridgehead atoms. The lowest BCUT2D eigenvalue weighted by atomic mass is 9.77. The van der Waals surface area contributed by atoms with Crippen molar-refractivity contribution >= 4 is 5.78 Å². The van der Waals surface area contributed by atoms with Crippen LogP contribution < -0.4 is 0 Å². The van der Waals surface area contributed by atoms with E-state index >= 15 is 0 Å². The molecule has 2 atom stereocenters. The van der Waals surface area contributed by atoms with Crippen LogP contribution >= 0.6 is 0 Å². The third-order valence-electron chi connectivity index (χ3n) is 4.18. The Balaban J connectivity index is 2.56. The molecule has 0 spiro atoms. The number of aliphatic hydroxyl groups excluding tert-OH is 1. The van der Waals surface area contributed by atoms with E-state index in [0.717, 1.165) is 32.1 Å². The summed E-state index contributed by atoms with van der Waals surface area (Å²) in [5, 5.41) is 10.4. The zero-order chi connectivity index (χ0) is 12.7. The van der Waals surface area contributed by atoms with Gasteiger partial charge in [0, 0.05) is 12.3 Å². The van der Waals surface area contributed by atoms with Crippen molar-refractivity contribution in [1.29, 1.82) is 0 Å². The lowest BCUT2D eigenvalue weighted by Crippen LogP contribution is -2.35. The normalized spacial score (nSPS) is 21.1. The van der Waals surface area contributed by atoms with Crippen LogP contribution in [0.3, 0.4) is 0 Å². The highest BCUT2D eigenvalue weighted by atomic mass is 16.3. The van der Waals surface area contributed by atoms with E-state index in [4.69, 9.17) is 0 Å². The van der Waals surface area contributed by atoms with E-state index in [-0.39, 0.29) is 17.8 Å². The van der Waals surface area contributed by atoms with Gasteiger partial charge in [-0.2, -0.15) is 0 Å². The van der Waals surface area contributed by atoms with Crippen molar-refractivity contribution in [3.05, 3.63) is 0 Å². The summed E-state index contributed by atoms with van der Waals surface area (Å²) in [4.78, 5) is 11.9. The lowest BCUT2D eigenvalue weighted by molar-refractivity contribution is -0.128. The fourth-order valence-corrected chi connectivity index (χ4v) is 3.01. The fraction of sp³-hybridized carbons (Fsp3) is 0.933. The second-order valence-corrected chi connectivity index (χ2v) is 5.46. The molecule has 0 heterocycles. The summed E-state index contributed by atoms with van der Waals surface area (Å²) in [6.45, 7) is 4.05. The number of carbonyl (C=O) groups is 1. The molecule has 2 unspecified atom stereocenters. The number of ketones is 1. The zero-order valence-corrected chi connectivity index (χ0v) is 11.5. The van der Waals surface area contributed by atoms with Gasteiger partial charge in [-0.25, -0.2) is 0 Å². The van der Waals surface area contributed by atoms with Gasteiger partial charge in [0.15, 0.2) is 0 Å². The Morgan fingerprint density at radius 1 is 1.24 bits per heavy atom. The van der Waals surface area contributed by atoms with Crippen molar-refractivity contribution < 1.29 is 9.90 Å². The van der Waals surface area contributed by atoms with Crippen LogP contribution in [-0.4, -0.2) is 17.0 Å². The monoisotopic (exact) mass is 240 g/mol. The summed E-state index contributed by atoms with van der Waals surface area (Å²) in [5.74, 6) is 0.542. The minimum Gasteiger partial charge on any atom is -0.392 e. The Bertz CT molecular complexity index is 219. The minimum absolute atomic E-state index is 0.0944. The largest absolute Gasteiger partial charge is 0.392 e. The highest BCUT2D eigenvalue weighted by Gasteiger charge is 2.31. The van der Waals surface area contributed by atoms with Crippen LogP contribution in [0.4, 0.5) is 0 Å². The van der Waals surface area contributed by atoms with Gasteiger partial charge in [0.25, 0.3) is 0 Å². The third kappa shape index (κ3) is 4.42. The summed E-state index contributed by atoms with van der Waals surface area (Å²) < 4.78 is 0. The Labute approximate surface area is 106 Å². The number of unbranched alkanes of at least 4 members (excludes halogenated alkanes) is 1. The van der Waals surface area contributed by atoms with Crippen LogP contribution in [0, 0.1) is 11.8 Å². The number of carbonyl (C=O) groups excluding carboxylic acids is 1. The van der Waals surface area contributed by atoms with Crippen molar-refractivity contribution in [2.24, 2.45) is 11.8 Å². The lowest BCUT2D eigenvalue weighted by Gasteiger charge is -2.31. The number of hydrogen-bond acceptors (Lipinski definition) is 2. The average Bonchev–Trinajstić information content (AvgIpc) is 2.39. The number of hydrogen-bond donors (Lipinski definition) is 1. The van der Waals surface area contributed by atoms with Crippen molar-refractivity contribution in [3.8, 4) is 0 Å². The van der Waals surface area contributed by atoms with Gasteiger partial charge in [0.05, 0.1) is 6.10 Å². The predicted octanol–water partition coefficient (Wildman–Crippen LogP) is 3.71. The molecule has 0 aliphatic heterocycles. The van der Waals surface area contributed by atoms with Crippen molar-refractivity contribution in [3.63, 3.8) is 0 Å². The molecule has 0 radical (unpaired) electrons. The highest BCUT2D eigenvalue weighted by Crippen LogP contribution is 2.32. The first-order valence-corrected chi connectivity index (χ1v) is 7.41. The Morgan fingerprint density at radius 3 is 2.41 bits per heavy atom. The molecule has 1 aliphatic rings. The minimum atomic E-state index is -0.380. The topological polar surface area (TPSA) is 37.3 Å².